The summed E-state index contributed by atoms with van der Waals surface area (Å²) in [5, 5.41) is 22.5. The zero-order valence-corrected chi connectivity index (χ0v) is 12.6. The Morgan fingerprint density at radius 2 is 2.24 bits per heavy atom. The number of nitrogens with zero attached hydrogens (tertiary/aromatic N) is 2. The fourth-order valence-electron chi connectivity index (χ4n) is 1.68. The largest absolute Gasteiger partial charge is 0.492 e. The van der Waals surface area contributed by atoms with Crippen LogP contribution in [0.2, 0.25) is 5.02 Å². The highest BCUT2D eigenvalue weighted by atomic mass is 35.5. The summed E-state index contributed by atoms with van der Waals surface area (Å²) in [6.45, 7) is 4.10. The molecule has 1 rings (SSSR count). The second-order valence-electron chi connectivity index (χ2n) is 5.19. The summed E-state index contributed by atoms with van der Waals surface area (Å²) in [5.74, 6) is 0.555. The first-order chi connectivity index (χ1) is 9.77. The van der Waals surface area contributed by atoms with E-state index in [1.165, 1.54) is 18.2 Å². The Morgan fingerprint density at radius 3 is 2.76 bits per heavy atom. The van der Waals surface area contributed by atoms with Crippen molar-refractivity contribution in [3.05, 3.63) is 33.3 Å². The van der Waals surface area contributed by atoms with E-state index in [1.807, 2.05) is 13.8 Å². The average molecular weight is 316 g/mol. The summed E-state index contributed by atoms with van der Waals surface area (Å²) >= 11 is 5.91. The standard InChI is InChI=1S/C13H18ClN3O4/c1-13(2,12(15)16-18)6-3-7-21-11-5-4-9(17(19)20)8-10(11)14/h4-5,8,18H,3,6-7H2,1-2H3,(H2,15,16). The number of non-ortho nitro benzene ring substituents is 1. The van der Waals surface area contributed by atoms with Crippen LogP contribution in [0, 0.1) is 15.5 Å². The maximum atomic E-state index is 10.6. The van der Waals surface area contributed by atoms with Crippen LogP contribution in [0.15, 0.2) is 23.4 Å². The number of hydrogen-bond acceptors (Lipinski definition) is 5. The topological polar surface area (TPSA) is 111 Å². The van der Waals surface area contributed by atoms with Crippen LogP contribution in [0.25, 0.3) is 0 Å². The van der Waals surface area contributed by atoms with Gasteiger partial charge in [0, 0.05) is 17.5 Å². The van der Waals surface area contributed by atoms with Gasteiger partial charge in [0.15, 0.2) is 0 Å². The second-order valence-corrected chi connectivity index (χ2v) is 5.60. The molecular formula is C13H18ClN3O4. The van der Waals surface area contributed by atoms with Crippen molar-refractivity contribution < 1.29 is 14.9 Å². The summed E-state index contributed by atoms with van der Waals surface area (Å²) < 4.78 is 5.48. The molecule has 116 valence electrons. The van der Waals surface area contributed by atoms with Crippen molar-refractivity contribution in [2.75, 3.05) is 6.61 Å². The van der Waals surface area contributed by atoms with Gasteiger partial charge >= 0.3 is 0 Å². The van der Waals surface area contributed by atoms with E-state index in [0.717, 1.165) is 0 Å². The number of amidine groups is 1. The number of nitro groups is 1. The zero-order chi connectivity index (χ0) is 16.0. The second kappa shape index (κ2) is 7.12. The molecule has 0 bridgehead atoms. The average Bonchev–Trinajstić information content (AvgIpc) is 2.43. The quantitative estimate of drug-likeness (QED) is 0.200. The third-order valence-electron chi connectivity index (χ3n) is 3.13. The van der Waals surface area contributed by atoms with Crippen molar-refractivity contribution >= 4 is 23.1 Å². The molecular weight excluding hydrogens is 298 g/mol. The molecule has 3 N–H and O–H groups in total. The van der Waals surface area contributed by atoms with Crippen LogP contribution < -0.4 is 10.5 Å². The van der Waals surface area contributed by atoms with Crippen LogP contribution in [0.3, 0.4) is 0 Å². The van der Waals surface area contributed by atoms with Crippen LogP contribution >= 0.6 is 11.6 Å². The van der Waals surface area contributed by atoms with Gasteiger partial charge in [0.05, 0.1) is 16.6 Å². The third-order valence-corrected chi connectivity index (χ3v) is 3.43. The zero-order valence-electron chi connectivity index (χ0n) is 11.9. The number of rotatable bonds is 7. The van der Waals surface area contributed by atoms with E-state index in [1.54, 1.807) is 0 Å². The summed E-state index contributed by atoms with van der Waals surface area (Å²) in [4.78, 5) is 10.1. The maximum Gasteiger partial charge on any atom is 0.271 e. The molecule has 0 aliphatic carbocycles. The number of nitrogens with two attached hydrogens (primary N) is 1. The van der Waals surface area contributed by atoms with E-state index in [2.05, 4.69) is 5.16 Å². The Kier molecular flexibility index (Phi) is 5.78. The van der Waals surface area contributed by atoms with E-state index < -0.39 is 10.3 Å². The minimum absolute atomic E-state index is 0.0829. The minimum Gasteiger partial charge on any atom is -0.492 e. The molecule has 21 heavy (non-hydrogen) atoms. The van der Waals surface area contributed by atoms with E-state index >= 15 is 0 Å². The molecule has 0 saturated carbocycles. The number of benzene rings is 1. The van der Waals surface area contributed by atoms with Crippen molar-refractivity contribution in [1.29, 1.82) is 0 Å². The van der Waals surface area contributed by atoms with Crippen LogP contribution in [0.5, 0.6) is 5.75 Å². The Hall–Kier alpha value is -2.02. The predicted molar refractivity (Wildman–Crippen MR) is 80.0 cm³/mol. The molecule has 8 heteroatoms. The number of ether oxygens (including phenoxy) is 1. The molecule has 0 aliphatic rings. The summed E-state index contributed by atoms with van der Waals surface area (Å²) in [5.41, 5.74) is 5.07. The summed E-state index contributed by atoms with van der Waals surface area (Å²) in [6, 6.07) is 4.05. The molecule has 0 radical (unpaired) electrons. The molecule has 1 aromatic carbocycles. The van der Waals surface area contributed by atoms with Crippen LogP contribution in [-0.4, -0.2) is 22.6 Å². The maximum absolute atomic E-state index is 10.6. The van der Waals surface area contributed by atoms with Crippen molar-refractivity contribution in [3.63, 3.8) is 0 Å². The molecule has 0 atom stereocenters. The highest BCUT2D eigenvalue weighted by Gasteiger charge is 2.23. The lowest BCUT2D eigenvalue weighted by molar-refractivity contribution is -0.384. The number of oxime groups is 1. The lowest BCUT2D eigenvalue weighted by Gasteiger charge is -2.22. The van der Waals surface area contributed by atoms with Gasteiger partial charge in [0.1, 0.15) is 11.6 Å². The SMILES string of the molecule is CC(C)(CCCOc1ccc([N+](=O)[O-])cc1Cl)C(N)=NO. The lowest BCUT2D eigenvalue weighted by Crippen LogP contribution is -2.32. The first-order valence-electron chi connectivity index (χ1n) is 6.32. The Morgan fingerprint density at radius 1 is 1.57 bits per heavy atom. The monoisotopic (exact) mass is 315 g/mol. The molecule has 0 fully saturated rings. The molecule has 0 heterocycles. The van der Waals surface area contributed by atoms with E-state index in [0.29, 0.717) is 25.2 Å². The van der Waals surface area contributed by atoms with E-state index in [4.69, 9.17) is 27.3 Å². The molecule has 7 nitrogen and oxygen atoms in total. The van der Waals surface area contributed by atoms with Crippen molar-refractivity contribution in [3.8, 4) is 5.75 Å². The van der Waals surface area contributed by atoms with Crippen LogP contribution in [0.1, 0.15) is 26.7 Å². The number of hydrogen-bond donors (Lipinski definition) is 2. The smallest absolute Gasteiger partial charge is 0.271 e. The van der Waals surface area contributed by atoms with Crippen LogP contribution in [-0.2, 0) is 0 Å². The molecule has 0 aliphatic heterocycles. The highest BCUT2D eigenvalue weighted by Crippen LogP contribution is 2.29. The van der Waals surface area contributed by atoms with Crippen molar-refractivity contribution in [1.82, 2.24) is 0 Å². The van der Waals surface area contributed by atoms with Gasteiger partial charge in [-0.3, -0.25) is 10.1 Å². The fraction of sp³-hybridized carbons (Fsp3) is 0.462. The molecule has 1 aromatic rings. The molecule has 0 unspecified atom stereocenters. The summed E-state index contributed by atoms with van der Waals surface area (Å²) in [6.07, 6.45) is 1.32. The van der Waals surface area contributed by atoms with Gasteiger partial charge in [-0.2, -0.15) is 0 Å². The Labute approximate surface area is 127 Å². The van der Waals surface area contributed by atoms with E-state index in [-0.39, 0.29) is 16.5 Å². The summed E-state index contributed by atoms with van der Waals surface area (Å²) in [7, 11) is 0. The Balaban J connectivity index is 2.52. The first-order valence-corrected chi connectivity index (χ1v) is 6.70. The normalized spacial score (nSPS) is 12.2. The highest BCUT2D eigenvalue weighted by molar-refractivity contribution is 6.32. The van der Waals surface area contributed by atoms with Gasteiger partial charge in [-0.25, -0.2) is 0 Å². The minimum atomic E-state index is -0.519. The third kappa shape index (κ3) is 4.78. The lowest BCUT2D eigenvalue weighted by atomic mass is 9.87. The predicted octanol–water partition coefficient (Wildman–Crippen LogP) is 3.18. The molecule has 0 amide bonds. The van der Waals surface area contributed by atoms with Crippen LogP contribution in [0.4, 0.5) is 5.69 Å². The molecule has 0 aromatic heterocycles. The van der Waals surface area contributed by atoms with Crippen molar-refractivity contribution in [2.24, 2.45) is 16.3 Å². The number of nitro benzene ring substituents is 1. The van der Waals surface area contributed by atoms with Gasteiger partial charge in [-0.05, 0) is 18.9 Å². The van der Waals surface area contributed by atoms with Gasteiger partial charge in [0.25, 0.3) is 5.69 Å². The van der Waals surface area contributed by atoms with Gasteiger partial charge in [0.2, 0.25) is 0 Å². The number of halogens is 1. The van der Waals surface area contributed by atoms with Crippen molar-refractivity contribution in [2.45, 2.75) is 26.7 Å². The molecule has 0 spiro atoms. The Bertz CT molecular complexity index is 546. The van der Waals surface area contributed by atoms with Gasteiger partial charge in [-0.15, -0.1) is 0 Å². The fourth-order valence-corrected chi connectivity index (χ4v) is 1.91. The van der Waals surface area contributed by atoms with E-state index in [9.17, 15) is 10.1 Å². The van der Waals surface area contributed by atoms with Gasteiger partial charge in [-0.1, -0.05) is 30.6 Å². The first kappa shape index (κ1) is 17.0. The van der Waals surface area contributed by atoms with Gasteiger partial charge < -0.3 is 15.7 Å². The molecule has 0 saturated heterocycles.